The minimum atomic E-state index is 0.179. The molecule has 0 atom stereocenters. The standard InChI is InChI=1S/C19H16N2O/c1-2-6-17-16(12-20)19(13-7-4-3-5-8-13)15-11-14(22)9-10-18(15)21-17/h3-5,7-11,22H,2,6H2,1H3. The Morgan fingerprint density at radius 2 is 1.91 bits per heavy atom. The summed E-state index contributed by atoms with van der Waals surface area (Å²) in [7, 11) is 0. The van der Waals surface area contributed by atoms with Crippen molar-refractivity contribution in [1.82, 2.24) is 4.98 Å². The number of aromatic hydroxyl groups is 1. The molecule has 0 saturated heterocycles. The molecule has 0 saturated carbocycles. The molecular weight excluding hydrogens is 272 g/mol. The third-order valence-electron chi connectivity index (χ3n) is 3.70. The molecule has 3 nitrogen and oxygen atoms in total. The maximum Gasteiger partial charge on any atom is 0.116 e. The van der Waals surface area contributed by atoms with E-state index >= 15 is 0 Å². The van der Waals surface area contributed by atoms with Crippen molar-refractivity contribution in [3.05, 3.63) is 59.8 Å². The van der Waals surface area contributed by atoms with Gasteiger partial charge in [0.25, 0.3) is 0 Å². The van der Waals surface area contributed by atoms with Gasteiger partial charge in [0.15, 0.2) is 0 Å². The second kappa shape index (κ2) is 5.87. The van der Waals surface area contributed by atoms with Gasteiger partial charge in [-0.3, -0.25) is 4.98 Å². The first-order valence-corrected chi connectivity index (χ1v) is 7.35. The van der Waals surface area contributed by atoms with Crippen LogP contribution in [0.1, 0.15) is 24.6 Å². The van der Waals surface area contributed by atoms with Gasteiger partial charge in [-0.15, -0.1) is 0 Å². The molecule has 0 radical (unpaired) electrons. The molecule has 0 aliphatic carbocycles. The molecule has 0 fully saturated rings. The van der Waals surface area contributed by atoms with Gasteiger partial charge in [0.05, 0.1) is 16.8 Å². The molecule has 0 aliphatic rings. The number of rotatable bonds is 3. The Bertz CT molecular complexity index is 864. The SMILES string of the molecule is CCCc1nc2ccc(O)cc2c(-c2ccccc2)c1C#N. The molecular formula is C19H16N2O. The second-order valence-electron chi connectivity index (χ2n) is 5.24. The highest BCUT2D eigenvalue weighted by molar-refractivity contribution is 5.98. The van der Waals surface area contributed by atoms with E-state index in [0.29, 0.717) is 5.56 Å². The Morgan fingerprint density at radius 3 is 2.59 bits per heavy atom. The number of aromatic nitrogens is 1. The normalized spacial score (nSPS) is 10.5. The number of nitrogens with zero attached hydrogens (tertiary/aromatic N) is 2. The van der Waals surface area contributed by atoms with E-state index in [1.165, 1.54) is 0 Å². The summed E-state index contributed by atoms with van der Waals surface area (Å²) in [6.45, 7) is 2.08. The van der Waals surface area contributed by atoms with Crippen LogP contribution < -0.4 is 0 Å². The first-order valence-electron chi connectivity index (χ1n) is 7.35. The van der Waals surface area contributed by atoms with Gasteiger partial charge in [0.2, 0.25) is 0 Å². The van der Waals surface area contributed by atoms with Gasteiger partial charge >= 0.3 is 0 Å². The number of hydrogen-bond donors (Lipinski definition) is 1. The van der Waals surface area contributed by atoms with Crippen LogP contribution in [0.25, 0.3) is 22.0 Å². The summed E-state index contributed by atoms with van der Waals surface area (Å²) in [5.74, 6) is 0.179. The topological polar surface area (TPSA) is 56.9 Å². The number of benzene rings is 2. The molecule has 0 aliphatic heterocycles. The van der Waals surface area contributed by atoms with Crippen LogP contribution in [-0.4, -0.2) is 10.1 Å². The van der Waals surface area contributed by atoms with E-state index in [1.807, 2.05) is 30.3 Å². The average Bonchev–Trinajstić information content (AvgIpc) is 2.55. The van der Waals surface area contributed by atoms with Gasteiger partial charge in [-0.1, -0.05) is 43.7 Å². The molecule has 0 unspecified atom stereocenters. The van der Waals surface area contributed by atoms with Crippen LogP contribution in [0.3, 0.4) is 0 Å². The van der Waals surface area contributed by atoms with E-state index in [4.69, 9.17) is 0 Å². The van der Waals surface area contributed by atoms with Crippen molar-refractivity contribution < 1.29 is 5.11 Å². The monoisotopic (exact) mass is 288 g/mol. The molecule has 3 rings (SSSR count). The van der Waals surface area contributed by atoms with Crippen LogP contribution in [0.5, 0.6) is 5.75 Å². The number of fused-ring (bicyclic) bond motifs is 1. The van der Waals surface area contributed by atoms with Crippen LogP contribution in [0.15, 0.2) is 48.5 Å². The van der Waals surface area contributed by atoms with Crippen LogP contribution in [0.4, 0.5) is 0 Å². The Morgan fingerprint density at radius 1 is 1.14 bits per heavy atom. The number of pyridine rings is 1. The van der Waals surface area contributed by atoms with Gasteiger partial charge < -0.3 is 5.11 Å². The molecule has 1 aromatic heterocycles. The van der Waals surface area contributed by atoms with E-state index in [2.05, 4.69) is 18.0 Å². The summed E-state index contributed by atoms with van der Waals surface area (Å²) < 4.78 is 0. The van der Waals surface area contributed by atoms with Gasteiger partial charge in [-0.05, 0) is 30.2 Å². The number of phenols is 1. The minimum Gasteiger partial charge on any atom is -0.508 e. The summed E-state index contributed by atoms with van der Waals surface area (Å²) in [4.78, 5) is 4.63. The highest BCUT2D eigenvalue weighted by Crippen LogP contribution is 2.34. The lowest BCUT2D eigenvalue weighted by atomic mass is 9.93. The number of aryl methyl sites for hydroxylation is 1. The number of nitriles is 1. The van der Waals surface area contributed by atoms with Gasteiger partial charge in [0.1, 0.15) is 11.8 Å². The quantitative estimate of drug-likeness (QED) is 0.775. The largest absolute Gasteiger partial charge is 0.508 e. The molecule has 0 amide bonds. The third-order valence-corrected chi connectivity index (χ3v) is 3.70. The van der Waals surface area contributed by atoms with Crippen LogP contribution in [-0.2, 0) is 6.42 Å². The van der Waals surface area contributed by atoms with Crippen LogP contribution >= 0.6 is 0 Å². The van der Waals surface area contributed by atoms with Crippen molar-refractivity contribution >= 4 is 10.9 Å². The van der Waals surface area contributed by atoms with Crippen molar-refractivity contribution in [3.8, 4) is 22.9 Å². The van der Waals surface area contributed by atoms with E-state index in [1.54, 1.807) is 18.2 Å². The molecule has 0 spiro atoms. The zero-order chi connectivity index (χ0) is 15.5. The van der Waals surface area contributed by atoms with Crippen molar-refractivity contribution in [2.75, 3.05) is 0 Å². The van der Waals surface area contributed by atoms with Gasteiger partial charge in [0, 0.05) is 10.9 Å². The first-order chi connectivity index (χ1) is 10.7. The van der Waals surface area contributed by atoms with E-state index < -0.39 is 0 Å². The fourth-order valence-electron chi connectivity index (χ4n) is 2.74. The maximum atomic E-state index is 9.83. The van der Waals surface area contributed by atoms with Crippen molar-refractivity contribution in [2.45, 2.75) is 19.8 Å². The van der Waals surface area contributed by atoms with Crippen molar-refractivity contribution in [2.24, 2.45) is 0 Å². The lowest BCUT2D eigenvalue weighted by molar-refractivity contribution is 0.476. The lowest BCUT2D eigenvalue weighted by Gasteiger charge is -2.13. The lowest BCUT2D eigenvalue weighted by Crippen LogP contribution is -1.99. The van der Waals surface area contributed by atoms with Crippen LogP contribution in [0.2, 0.25) is 0 Å². The second-order valence-corrected chi connectivity index (χ2v) is 5.24. The predicted octanol–water partition coefficient (Wildman–Crippen LogP) is 4.43. The molecule has 1 heterocycles. The Balaban J connectivity index is 2.44. The van der Waals surface area contributed by atoms with E-state index in [9.17, 15) is 10.4 Å². The Hall–Kier alpha value is -2.86. The van der Waals surface area contributed by atoms with Gasteiger partial charge in [-0.25, -0.2) is 0 Å². The minimum absolute atomic E-state index is 0.179. The molecule has 2 aromatic carbocycles. The first kappa shape index (κ1) is 14.1. The van der Waals surface area contributed by atoms with Crippen molar-refractivity contribution in [1.29, 1.82) is 5.26 Å². The molecule has 1 N–H and O–H groups in total. The summed E-state index contributed by atoms with van der Waals surface area (Å²) in [6, 6.07) is 17.2. The highest BCUT2D eigenvalue weighted by Gasteiger charge is 2.16. The summed E-state index contributed by atoms with van der Waals surface area (Å²) in [5.41, 5.74) is 4.05. The third kappa shape index (κ3) is 2.40. The van der Waals surface area contributed by atoms with E-state index in [0.717, 1.165) is 40.6 Å². The van der Waals surface area contributed by atoms with Crippen LogP contribution in [0, 0.1) is 11.3 Å². The zero-order valence-corrected chi connectivity index (χ0v) is 12.4. The van der Waals surface area contributed by atoms with Gasteiger partial charge in [-0.2, -0.15) is 5.26 Å². The molecule has 22 heavy (non-hydrogen) atoms. The zero-order valence-electron chi connectivity index (χ0n) is 12.4. The van der Waals surface area contributed by atoms with E-state index in [-0.39, 0.29) is 5.75 Å². The maximum absolute atomic E-state index is 9.83. The number of phenolic OH excluding ortho intramolecular Hbond substituents is 1. The summed E-state index contributed by atoms with van der Waals surface area (Å²) >= 11 is 0. The Kier molecular flexibility index (Phi) is 3.76. The fourth-order valence-corrected chi connectivity index (χ4v) is 2.74. The molecule has 3 heteroatoms. The predicted molar refractivity (Wildman–Crippen MR) is 87.6 cm³/mol. The smallest absolute Gasteiger partial charge is 0.116 e. The fraction of sp³-hybridized carbons (Fsp3) is 0.158. The van der Waals surface area contributed by atoms with Crippen molar-refractivity contribution in [3.63, 3.8) is 0 Å². The highest BCUT2D eigenvalue weighted by atomic mass is 16.3. The summed E-state index contributed by atoms with van der Waals surface area (Å²) in [5, 5.41) is 20.3. The molecule has 0 bridgehead atoms. The molecule has 108 valence electrons. The average molecular weight is 288 g/mol. The Labute approximate surface area is 129 Å². The molecule has 3 aromatic rings. The summed E-state index contributed by atoms with van der Waals surface area (Å²) in [6.07, 6.45) is 1.69. The number of hydrogen-bond acceptors (Lipinski definition) is 3.